The molecule has 0 aliphatic carbocycles. The minimum absolute atomic E-state index is 0.419. The third-order valence-corrected chi connectivity index (χ3v) is 1.08. The van der Waals surface area contributed by atoms with Gasteiger partial charge in [0.25, 0.3) is 0 Å². The zero-order valence-corrected chi connectivity index (χ0v) is 6.26. The van der Waals surface area contributed by atoms with Crippen LogP contribution in [0.2, 0.25) is 0 Å². The normalized spacial score (nSPS) is 13.6. The molecule has 2 heteroatoms. The van der Waals surface area contributed by atoms with E-state index in [-0.39, 0.29) is 0 Å². The van der Waals surface area contributed by atoms with E-state index >= 15 is 0 Å². The Labute approximate surface area is 56.5 Å². The average molecular weight is 126 g/mol. The van der Waals surface area contributed by atoms with Gasteiger partial charge >= 0.3 is 0 Å². The molecule has 0 rings (SSSR count). The predicted molar refractivity (Wildman–Crippen MR) is 41.5 cm³/mol. The van der Waals surface area contributed by atoms with Crippen molar-refractivity contribution in [3.8, 4) is 0 Å². The minimum atomic E-state index is 0.419. The van der Waals surface area contributed by atoms with Crippen molar-refractivity contribution in [2.45, 2.75) is 13.8 Å². The largest absolute Gasteiger partial charge is 0.402 e. The van der Waals surface area contributed by atoms with Gasteiger partial charge in [-0.3, -0.25) is 4.99 Å². The SMILES string of the molecule is CN=C/C=C(\N)C(C)C. The van der Waals surface area contributed by atoms with Gasteiger partial charge in [-0.05, 0) is 12.0 Å². The number of hydrogen-bond acceptors (Lipinski definition) is 2. The molecule has 0 aromatic rings. The van der Waals surface area contributed by atoms with Gasteiger partial charge in [0.15, 0.2) is 0 Å². The van der Waals surface area contributed by atoms with E-state index in [9.17, 15) is 0 Å². The van der Waals surface area contributed by atoms with Crippen LogP contribution in [0.15, 0.2) is 16.8 Å². The third-order valence-electron chi connectivity index (χ3n) is 1.08. The Bertz CT molecular complexity index is 123. The van der Waals surface area contributed by atoms with Crippen molar-refractivity contribution in [2.24, 2.45) is 16.6 Å². The molecular formula is C7H14N2. The predicted octanol–water partition coefficient (Wildman–Crippen LogP) is 1.19. The molecule has 0 aromatic carbocycles. The van der Waals surface area contributed by atoms with Gasteiger partial charge in [-0.25, -0.2) is 0 Å². The molecule has 9 heavy (non-hydrogen) atoms. The lowest BCUT2D eigenvalue weighted by Crippen LogP contribution is -2.04. The van der Waals surface area contributed by atoms with Gasteiger partial charge in [-0.2, -0.15) is 0 Å². The van der Waals surface area contributed by atoms with Crippen LogP contribution in [0.25, 0.3) is 0 Å². The van der Waals surface area contributed by atoms with Gasteiger partial charge in [0, 0.05) is 19.0 Å². The molecule has 0 fully saturated rings. The molecule has 0 saturated heterocycles. The van der Waals surface area contributed by atoms with Crippen molar-refractivity contribution >= 4 is 6.21 Å². The van der Waals surface area contributed by atoms with Crippen molar-refractivity contribution in [2.75, 3.05) is 7.05 Å². The van der Waals surface area contributed by atoms with Gasteiger partial charge in [-0.15, -0.1) is 0 Å². The van der Waals surface area contributed by atoms with Gasteiger partial charge in [0.2, 0.25) is 0 Å². The Morgan fingerprint density at radius 1 is 1.56 bits per heavy atom. The molecule has 0 unspecified atom stereocenters. The van der Waals surface area contributed by atoms with Crippen LogP contribution >= 0.6 is 0 Å². The summed E-state index contributed by atoms with van der Waals surface area (Å²) in [6.07, 6.45) is 3.53. The van der Waals surface area contributed by atoms with Gasteiger partial charge < -0.3 is 5.73 Å². The molecule has 2 nitrogen and oxygen atoms in total. The number of nitrogens with two attached hydrogens (primary N) is 1. The zero-order valence-electron chi connectivity index (χ0n) is 6.26. The fourth-order valence-electron chi connectivity index (χ4n) is 0.353. The van der Waals surface area contributed by atoms with Crippen LogP contribution in [-0.2, 0) is 0 Å². The molecule has 0 amide bonds. The fourth-order valence-corrected chi connectivity index (χ4v) is 0.353. The summed E-state index contributed by atoms with van der Waals surface area (Å²) < 4.78 is 0. The monoisotopic (exact) mass is 126 g/mol. The summed E-state index contributed by atoms with van der Waals surface area (Å²) in [7, 11) is 1.73. The van der Waals surface area contributed by atoms with Gasteiger partial charge in [0.1, 0.15) is 0 Å². The third kappa shape index (κ3) is 3.76. The van der Waals surface area contributed by atoms with Crippen LogP contribution in [0, 0.1) is 5.92 Å². The van der Waals surface area contributed by atoms with E-state index in [0.717, 1.165) is 5.70 Å². The Balaban J connectivity index is 3.84. The average Bonchev–Trinajstić information content (AvgIpc) is 1.82. The van der Waals surface area contributed by atoms with Gasteiger partial charge in [-0.1, -0.05) is 13.8 Å². The highest BCUT2D eigenvalue weighted by atomic mass is 14.6. The molecule has 52 valence electrons. The standard InChI is InChI=1S/C7H14N2/c1-6(2)7(8)4-5-9-3/h4-6H,8H2,1-3H3/b7-4-,9-5?. The molecule has 2 N–H and O–H groups in total. The Morgan fingerprint density at radius 3 is 2.44 bits per heavy atom. The summed E-state index contributed by atoms with van der Waals surface area (Å²) in [4.78, 5) is 3.78. The second-order valence-electron chi connectivity index (χ2n) is 2.23. The first-order valence-electron chi connectivity index (χ1n) is 3.06. The highest BCUT2D eigenvalue weighted by Gasteiger charge is 1.92. The van der Waals surface area contributed by atoms with Crippen LogP contribution in [0.3, 0.4) is 0 Å². The number of aliphatic imine (C=N–C) groups is 1. The maximum atomic E-state index is 5.57. The van der Waals surface area contributed by atoms with Crippen LogP contribution in [0.5, 0.6) is 0 Å². The minimum Gasteiger partial charge on any atom is -0.402 e. The molecule has 0 radical (unpaired) electrons. The summed E-state index contributed by atoms with van der Waals surface area (Å²) in [6.45, 7) is 4.10. The summed E-state index contributed by atoms with van der Waals surface area (Å²) in [5.74, 6) is 0.419. The Kier molecular flexibility index (Phi) is 3.76. The van der Waals surface area contributed by atoms with Crippen molar-refractivity contribution in [1.82, 2.24) is 0 Å². The molecule has 0 spiro atoms. The van der Waals surface area contributed by atoms with E-state index in [4.69, 9.17) is 5.73 Å². The van der Waals surface area contributed by atoms with Crippen molar-refractivity contribution in [3.63, 3.8) is 0 Å². The van der Waals surface area contributed by atoms with E-state index < -0.39 is 0 Å². The molecule has 0 atom stereocenters. The molecular weight excluding hydrogens is 112 g/mol. The number of allylic oxidation sites excluding steroid dienone is 2. The van der Waals surface area contributed by atoms with Crippen LogP contribution in [0.1, 0.15) is 13.8 Å². The lowest BCUT2D eigenvalue weighted by Gasteiger charge is -2.01. The second kappa shape index (κ2) is 4.13. The van der Waals surface area contributed by atoms with Crippen LogP contribution in [0.4, 0.5) is 0 Å². The molecule has 0 aliphatic heterocycles. The maximum absolute atomic E-state index is 5.57. The highest BCUT2D eigenvalue weighted by Crippen LogP contribution is 1.99. The molecule has 0 saturated carbocycles. The summed E-state index contributed by atoms with van der Waals surface area (Å²) in [5.41, 5.74) is 6.45. The first-order valence-corrected chi connectivity index (χ1v) is 3.06. The zero-order chi connectivity index (χ0) is 7.28. The first kappa shape index (κ1) is 8.21. The topological polar surface area (TPSA) is 38.4 Å². The quantitative estimate of drug-likeness (QED) is 0.554. The van der Waals surface area contributed by atoms with E-state index in [0.29, 0.717) is 5.92 Å². The molecule has 0 heterocycles. The van der Waals surface area contributed by atoms with Crippen molar-refractivity contribution in [3.05, 3.63) is 11.8 Å². The number of nitrogens with zero attached hydrogens (tertiary/aromatic N) is 1. The van der Waals surface area contributed by atoms with Crippen LogP contribution in [-0.4, -0.2) is 13.3 Å². The first-order chi connectivity index (χ1) is 4.18. The molecule has 0 aliphatic rings. The smallest absolute Gasteiger partial charge is 0.0277 e. The van der Waals surface area contributed by atoms with Crippen LogP contribution < -0.4 is 5.73 Å². The summed E-state index contributed by atoms with van der Waals surface area (Å²) in [6, 6.07) is 0. The maximum Gasteiger partial charge on any atom is 0.0277 e. The van der Waals surface area contributed by atoms with Gasteiger partial charge in [0.05, 0.1) is 0 Å². The molecule has 0 aromatic heterocycles. The Morgan fingerprint density at radius 2 is 2.11 bits per heavy atom. The number of hydrogen-bond donors (Lipinski definition) is 1. The molecule has 0 bridgehead atoms. The summed E-state index contributed by atoms with van der Waals surface area (Å²) >= 11 is 0. The fraction of sp³-hybridized carbons (Fsp3) is 0.571. The Hall–Kier alpha value is -0.790. The van der Waals surface area contributed by atoms with E-state index in [1.807, 2.05) is 6.08 Å². The lowest BCUT2D eigenvalue weighted by molar-refractivity contribution is 0.759. The van der Waals surface area contributed by atoms with Crippen molar-refractivity contribution < 1.29 is 0 Å². The van der Waals surface area contributed by atoms with E-state index in [1.165, 1.54) is 0 Å². The highest BCUT2D eigenvalue weighted by molar-refractivity contribution is 5.71. The summed E-state index contributed by atoms with van der Waals surface area (Å²) in [5, 5.41) is 0. The second-order valence-corrected chi connectivity index (χ2v) is 2.23. The lowest BCUT2D eigenvalue weighted by atomic mass is 10.1. The van der Waals surface area contributed by atoms with E-state index in [1.54, 1.807) is 13.3 Å². The van der Waals surface area contributed by atoms with Crippen molar-refractivity contribution in [1.29, 1.82) is 0 Å². The number of rotatable bonds is 2. The van der Waals surface area contributed by atoms with E-state index in [2.05, 4.69) is 18.8 Å².